The molecule has 0 amide bonds. The van der Waals surface area contributed by atoms with Crippen LogP contribution in [0.3, 0.4) is 0 Å². The van der Waals surface area contributed by atoms with Crippen LogP contribution in [0.25, 0.3) is 0 Å². The van der Waals surface area contributed by atoms with Gasteiger partial charge in [-0.2, -0.15) is 0 Å². The molecule has 0 bridgehead atoms. The molecule has 0 fully saturated rings. The van der Waals surface area contributed by atoms with Gasteiger partial charge in [0.1, 0.15) is 5.75 Å². The molecule has 0 aromatic heterocycles. The van der Waals surface area contributed by atoms with Crippen molar-refractivity contribution in [3.05, 3.63) is 62.5 Å². The lowest BCUT2D eigenvalue weighted by Gasteiger charge is -2.05. The summed E-state index contributed by atoms with van der Waals surface area (Å²) in [5.74, 6) is 0.763. The van der Waals surface area contributed by atoms with E-state index in [0.29, 0.717) is 17.7 Å². The number of carbonyl (C=O) groups excluding carboxylic acids is 1. The van der Waals surface area contributed by atoms with Gasteiger partial charge in [0.05, 0.1) is 6.61 Å². The minimum absolute atomic E-state index is 0.00921. The summed E-state index contributed by atoms with van der Waals surface area (Å²) in [6, 6.07) is 12.7. The van der Waals surface area contributed by atoms with Crippen molar-refractivity contribution in [1.29, 1.82) is 0 Å². The standard InChI is InChI=1S/C15H12Br2O2/c1-2-19-14-5-3-10(4-6-14)15(18)11-7-12(16)9-13(17)8-11/h3-9H,2H2,1H3. The number of hydrogen-bond acceptors (Lipinski definition) is 2. The van der Waals surface area contributed by atoms with Crippen LogP contribution in [0.1, 0.15) is 22.8 Å². The molecule has 2 aromatic rings. The molecule has 4 heteroatoms. The Morgan fingerprint density at radius 3 is 2.11 bits per heavy atom. The van der Waals surface area contributed by atoms with Gasteiger partial charge in [0.15, 0.2) is 5.78 Å². The maximum Gasteiger partial charge on any atom is 0.193 e. The summed E-state index contributed by atoms with van der Waals surface area (Å²) in [6.07, 6.45) is 0. The van der Waals surface area contributed by atoms with Crippen LogP contribution in [-0.4, -0.2) is 12.4 Å². The maximum atomic E-state index is 12.3. The average Bonchev–Trinajstić information content (AvgIpc) is 2.38. The van der Waals surface area contributed by atoms with Gasteiger partial charge in [0.2, 0.25) is 0 Å². The second kappa shape index (κ2) is 6.35. The fourth-order valence-electron chi connectivity index (χ4n) is 1.72. The largest absolute Gasteiger partial charge is 0.494 e. The van der Waals surface area contributed by atoms with E-state index in [1.807, 2.05) is 37.3 Å². The molecule has 0 aliphatic heterocycles. The molecule has 2 aromatic carbocycles. The van der Waals surface area contributed by atoms with Crippen molar-refractivity contribution >= 4 is 37.6 Å². The second-order valence-electron chi connectivity index (χ2n) is 3.94. The number of hydrogen-bond donors (Lipinski definition) is 0. The summed E-state index contributed by atoms with van der Waals surface area (Å²) in [4.78, 5) is 12.3. The summed E-state index contributed by atoms with van der Waals surface area (Å²) in [5.41, 5.74) is 1.29. The predicted molar refractivity (Wildman–Crippen MR) is 82.9 cm³/mol. The monoisotopic (exact) mass is 382 g/mol. The SMILES string of the molecule is CCOc1ccc(C(=O)c2cc(Br)cc(Br)c2)cc1. The summed E-state index contributed by atoms with van der Waals surface area (Å²) in [6.45, 7) is 2.55. The van der Waals surface area contributed by atoms with Crippen LogP contribution < -0.4 is 4.74 Å². The van der Waals surface area contributed by atoms with E-state index in [-0.39, 0.29) is 5.78 Å². The Kier molecular flexibility index (Phi) is 4.77. The first-order valence-electron chi connectivity index (χ1n) is 5.84. The molecule has 0 atom stereocenters. The van der Waals surface area contributed by atoms with Crippen LogP contribution >= 0.6 is 31.9 Å². The smallest absolute Gasteiger partial charge is 0.193 e. The molecule has 0 N–H and O–H groups in total. The molecule has 0 aliphatic rings. The number of ether oxygens (including phenoxy) is 1. The summed E-state index contributed by atoms with van der Waals surface area (Å²) >= 11 is 6.77. The molecule has 19 heavy (non-hydrogen) atoms. The van der Waals surface area contributed by atoms with E-state index in [2.05, 4.69) is 31.9 Å². The zero-order valence-electron chi connectivity index (χ0n) is 10.3. The molecular weight excluding hydrogens is 372 g/mol. The number of benzene rings is 2. The Hall–Kier alpha value is -1.13. The van der Waals surface area contributed by atoms with Gasteiger partial charge in [0.25, 0.3) is 0 Å². The highest BCUT2D eigenvalue weighted by atomic mass is 79.9. The number of rotatable bonds is 4. The predicted octanol–water partition coefficient (Wildman–Crippen LogP) is 4.84. The van der Waals surface area contributed by atoms with E-state index < -0.39 is 0 Å². The van der Waals surface area contributed by atoms with E-state index in [9.17, 15) is 4.79 Å². The zero-order chi connectivity index (χ0) is 13.8. The third kappa shape index (κ3) is 3.67. The highest BCUT2D eigenvalue weighted by molar-refractivity contribution is 9.11. The van der Waals surface area contributed by atoms with Crippen molar-refractivity contribution in [1.82, 2.24) is 0 Å². The van der Waals surface area contributed by atoms with E-state index in [4.69, 9.17) is 4.74 Å². The lowest BCUT2D eigenvalue weighted by atomic mass is 10.0. The minimum atomic E-state index is -0.00921. The fraction of sp³-hybridized carbons (Fsp3) is 0.133. The molecule has 0 heterocycles. The normalized spacial score (nSPS) is 10.3. The fourth-order valence-corrected chi connectivity index (χ4v) is 3.01. The van der Waals surface area contributed by atoms with Gasteiger partial charge in [-0.15, -0.1) is 0 Å². The first-order chi connectivity index (χ1) is 9.10. The van der Waals surface area contributed by atoms with Gasteiger partial charge in [-0.3, -0.25) is 4.79 Å². The third-order valence-electron chi connectivity index (χ3n) is 2.55. The van der Waals surface area contributed by atoms with Crippen molar-refractivity contribution < 1.29 is 9.53 Å². The van der Waals surface area contributed by atoms with Crippen LogP contribution in [0.4, 0.5) is 0 Å². The maximum absolute atomic E-state index is 12.3. The first-order valence-corrected chi connectivity index (χ1v) is 7.42. The van der Waals surface area contributed by atoms with Crippen molar-refractivity contribution in [2.24, 2.45) is 0 Å². The van der Waals surface area contributed by atoms with Gasteiger partial charge >= 0.3 is 0 Å². The van der Waals surface area contributed by atoms with Crippen molar-refractivity contribution in [2.75, 3.05) is 6.61 Å². The Labute approximate surface area is 129 Å². The van der Waals surface area contributed by atoms with Crippen LogP contribution in [0.2, 0.25) is 0 Å². The quantitative estimate of drug-likeness (QED) is 0.706. The van der Waals surface area contributed by atoms with E-state index in [1.54, 1.807) is 12.1 Å². The number of halogens is 2. The number of carbonyl (C=O) groups is 1. The molecule has 98 valence electrons. The highest BCUT2D eigenvalue weighted by Crippen LogP contribution is 2.23. The second-order valence-corrected chi connectivity index (χ2v) is 5.78. The van der Waals surface area contributed by atoms with Gasteiger partial charge in [-0.25, -0.2) is 0 Å². The molecule has 0 saturated carbocycles. The molecule has 0 unspecified atom stereocenters. The van der Waals surface area contributed by atoms with Crippen molar-refractivity contribution in [2.45, 2.75) is 6.92 Å². The molecule has 0 spiro atoms. The average molecular weight is 384 g/mol. The van der Waals surface area contributed by atoms with E-state index in [0.717, 1.165) is 14.7 Å². The van der Waals surface area contributed by atoms with Crippen molar-refractivity contribution in [3.63, 3.8) is 0 Å². The van der Waals surface area contributed by atoms with Gasteiger partial charge in [-0.05, 0) is 49.4 Å². The van der Waals surface area contributed by atoms with Crippen LogP contribution in [-0.2, 0) is 0 Å². The Morgan fingerprint density at radius 2 is 1.58 bits per heavy atom. The van der Waals surface area contributed by atoms with Gasteiger partial charge in [-0.1, -0.05) is 31.9 Å². The molecule has 0 saturated heterocycles. The lowest BCUT2D eigenvalue weighted by molar-refractivity contribution is 0.103. The first kappa shape index (κ1) is 14.3. The van der Waals surface area contributed by atoms with E-state index in [1.165, 1.54) is 0 Å². The third-order valence-corrected chi connectivity index (χ3v) is 3.47. The summed E-state index contributed by atoms with van der Waals surface area (Å²) in [5, 5.41) is 0. The van der Waals surface area contributed by atoms with Gasteiger partial charge in [0, 0.05) is 20.1 Å². The summed E-state index contributed by atoms with van der Waals surface area (Å²) in [7, 11) is 0. The molecule has 0 radical (unpaired) electrons. The molecule has 2 rings (SSSR count). The lowest BCUT2D eigenvalue weighted by Crippen LogP contribution is -2.01. The number of ketones is 1. The van der Waals surface area contributed by atoms with Crippen molar-refractivity contribution in [3.8, 4) is 5.75 Å². The topological polar surface area (TPSA) is 26.3 Å². The van der Waals surface area contributed by atoms with Crippen LogP contribution in [0, 0.1) is 0 Å². The van der Waals surface area contributed by atoms with Gasteiger partial charge < -0.3 is 4.74 Å². The highest BCUT2D eigenvalue weighted by Gasteiger charge is 2.10. The van der Waals surface area contributed by atoms with Crippen LogP contribution in [0.15, 0.2) is 51.4 Å². The zero-order valence-corrected chi connectivity index (χ0v) is 13.5. The van der Waals surface area contributed by atoms with E-state index >= 15 is 0 Å². The molecule has 2 nitrogen and oxygen atoms in total. The summed E-state index contributed by atoms with van der Waals surface area (Å²) < 4.78 is 7.10. The minimum Gasteiger partial charge on any atom is -0.494 e. The van der Waals surface area contributed by atoms with Crippen LogP contribution in [0.5, 0.6) is 5.75 Å². The molecule has 0 aliphatic carbocycles. The molecular formula is C15H12Br2O2. The Morgan fingerprint density at radius 1 is 1.00 bits per heavy atom. The Bertz CT molecular complexity index is 571. The Balaban J connectivity index is 2.28.